The third-order valence-electron chi connectivity index (χ3n) is 6.88. The minimum atomic E-state index is -0.936. The molecular weight excluding hydrogens is 415 g/mol. The first kappa shape index (κ1) is 20.6. The van der Waals surface area contributed by atoms with E-state index in [1.165, 1.54) is 19.2 Å². The molecule has 4 heterocycles. The fourth-order valence-electron chi connectivity index (χ4n) is 4.91. The second-order valence-corrected chi connectivity index (χ2v) is 8.61. The molecule has 2 aliphatic heterocycles. The third-order valence-corrected chi connectivity index (χ3v) is 6.88. The Morgan fingerprint density at radius 1 is 1.31 bits per heavy atom. The molecule has 0 radical (unpaired) electrons. The number of hydrogen-bond acceptors (Lipinski definition) is 6. The number of rotatable bonds is 3. The highest BCUT2D eigenvalue weighted by Gasteiger charge is 2.43. The smallest absolute Gasteiger partial charge is 0.316 e. The van der Waals surface area contributed by atoms with Crippen LogP contribution in [0.3, 0.4) is 0 Å². The minimum absolute atomic E-state index is 0.0543. The molecule has 166 valence electrons. The number of aliphatic hydroxyl groups is 1. The molecule has 0 aliphatic carbocycles. The Morgan fingerprint density at radius 2 is 2.06 bits per heavy atom. The van der Waals surface area contributed by atoms with Gasteiger partial charge >= 0.3 is 5.97 Å². The van der Waals surface area contributed by atoms with E-state index in [1.54, 1.807) is 18.4 Å². The maximum atomic E-state index is 14.4. The van der Waals surface area contributed by atoms with Crippen LogP contribution in [0.5, 0.6) is 5.75 Å². The monoisotopic (exact) mass is 438 g/mol. The second-order valence-electron chi connectivity index (χ2n) is 8.61. The van der Waals surface area contributed by atoms with Gasteiger partial charge in [-0.25, -0.2) is 9.37 Å². The largest absolute Gasteiger partial charge is 0.494 e. The molecule has 1 N–H and O–H groups in total. The Balaban J connectivity index is 1.85. The van der Waals surface area contributed by atoms with E-state index in [0.29, 0.717) is 51.0 Å². The highest BCUT2D eigenvalue weighted by atomic mass is 19.1. The van der Waals surface area contributed by atoms with Gasteiger partial charge < -0.3 is 19.1 Å². The molecular formula is C24H23FN2O5. The molecule has 2 atom stereocenters. The minimum Gasteiger partial charge on any atom is -0.494 e. The Bertz CT molecular complexity index is 1380. The lowest BCUT2D eigenvalue weighted by molar-refractivity contribution is -0.153. The zero-order chi connectivity index (χ0) is 22.9. The lowest BCUT2D eigenvalue weighted by Gasteiger charge is -2.33. The zero-order valence-corrected chi connectivity index (χ0v) is 18.3. The summed E-state index contributed by atoms with van der Waals surface area (Å²) in [6.07, 6.45) is -0.404. The number of carbonyl (C=O) groups is 1. The van der Waals surface area contributed by atoms with Crippen LogP contribution in [0.4, 0.5) is 4.39 Å². The fourth-order valence-corrected chi connectivity index (χ4v) is 4.91. The summed E-state index contributed by atoms with van der Waals surface area (Å²) in [6.45, 7) is 5.43. The van der Waals surface area contributed by atoms with E-state index in [9.17, 15) is 19.1 Å². The standard InChI is InChI=1S/C24H23FN2O5/c1-5-24(3)15-7-18-21-13(9-27(18)22(29)14(15)10-32-23(24)30)20(11(2)28)12-6-19(31-4)16(25)8-17(12)26-21/h6-8,11,28H,5,9-10H2,1-4H3/t11-,24+/m0/s1. The molecule has 7 nitrogen and oxygen atoms in total. The van der Waals surface area contributed by atoms with E-state index in [-0.39, 0.29) is 30.4 Å². The molecule has 1 aromatic carbocycles. The number of nitrogens with zero attached hydrogens (tertiary/aromatic N) is 2. The first-order chi connectivity index (χ1) is 15.2. The number of halogens is 1. The van der Waals surface area contributed by atoms with Crippen LogP contribution in [0.1, 0.15) is 55.5 Å². The van der Waals surface area contributed by atoms with E-state index in [1.807, 2.05) is 13.0 Å². The summed E-state index contributed by atoms with van der Waals surface area (Å²) in [5, 5.41) is 11.2. The number of fused-ring (bicyclic) bond motifs is 5. The number of hydrogen-bond donors (Lipinski definition) is 1. The summed E-state index contributed by atoms with van der Waals surface area (Å²) in [5.41, 5.74) is 2.62. The molecule has 0 saturated carbocycles. The average molecular weight is 438 g/mol. The van der Waals surface area contributed by atoms with E-state index in [0.717, 1.165) is 0 Å². The van der Waals surface area contributed by atoms with Crippen molar-refractivity contribution in [2.75, 3.05) is 7.11 Å². The van der Waals surface area contributed by atoms with Crippen molar-refractivity contribution in [3.05, 3.63) is 56.6 Å². The van der Waals surface area contributed by atoms with E-state index >= 15 is 0 Å². The Labute approximate surface area is 183 Å². The molecule has 3 aromatic rings. The molecule has 0 unspecified atom stereocenters. The van der Waals surface area contributed by atoms with Crippen molar-refractivity contribution in [3.8, 4) is 17.1 Å². The number of pyridine rings is 2. The highest BCUT2D eigenvalue weighted by Crippen LogP contribution is 2.42. The van der Waals surface area contributed by atoms with Crippen molar-refractivity contribution in [2.24, 2.45) is 0 Å². The van der Waals surface area contributed by atoms with Crippen molar-refractivity contribution in [1.29, 1.82) is 0 Å². The molecule has 0 spiro atoms. The number of aliphatic hydroxyl groups excluding tert-OH is 1. The van der Waals surface area contributed by atoms with E-state index < -0.39 is 17.3 Å². The molecule has 32 heavy (non-hydrogen) atoms. The lowest BCUT2D eigenvalue weighted by atomic mass is 9.76. The van der Waals surface area contributed by atoms with Crippen LogP contribution >= 0.6 is 0 Å². The molecule has 8 heteroatoms. The number of benzene rings is 1. The molecule has 2 aliphatic rings. The fraction of sp³-hybridized carbons (Fsp3) is 0.375. The van der Waals surface area contributed by atoms with Crippen LogP contribution in [0.15, 0.2) is 23.0 Å². The molecule has 0 saturated heterocycles. The maximum Gasteiger partial charge on any atom is 0.316 e. The van der Waals surface area contributed by atoms with Crippen LogP contribution < -0.4 is 10.3 Å². The summed E-state index contributed by atoms with van der Waals surface area (Å²) in [4.78, 5) is 30.6. The summed E-state index contributed by atoms with van der Waals surface area (Å²) in [7, 11) is 1.38. The molecule has 0 fully saturated rings. The molecule has 5 rings (SSSR count). The second kappa shape index (κ2) is 6.87. The summed E-state index contributed by atoms with van der Waals surface area (Å²) < 4.78 is 26.5. The van der Waals surface area contributed by atoms with Gasteiger partial charge in [0.2, 0.25) is 0 Å². The van der Waals surface area contributed by atoms with Crippen molar-refractivity contribution in [2.45, 2.75) is 51.9 Å². The van der Waals surface area contributed by atoms with Gasteiger partial charge in [0.1, 0.15) is 6.61 Å². The summed E-state index contributed by atoms with van der Waals surface area (Å²) >= 11 is 0. The Kier molecular flexibility index (Phi) is 4.43. The number of aromatic nitrogens is 2. The Hall–Kier alpha value is -3.26. The predicted molar refractivity (Wildman–Crippen MR) is 115 cm³/mol. The van der Waals surface area contributed by atoms with Crippen LogP contribution in [0, 0.1) is 5.82 Å². The highest BCUT2D eigenvalue weighted by molar-refractivity contribution is 5.90. The SMILES string of the molecule is CC[C@@]1(C)C(=O)OCc2c1cc1n(c2=O)Cc2c-1nc1cc(F)c(OC)cc1c2[C@H](C)O. The van der Waals surface area contributed by atoms with E-state index in [2.05, 4.69) is 4.98 Å². The van der Waals surface area contributed by atoms with Gasteiger partial charge in [-0.05, 0) is 43.5 Å². The maximum absolute atomic E-state index is 14.4. The summed E-state index contributed by atoms with van der Waals surface area (Å²) in [6, 6.07) is 4.63. The van der Waals surface area contributed by atoms with Crippen molar-refractivity contribution >= 4 is 16.9 Å². The topological polar surface area (TPSA) is 90.7 Å². The van der Waals surface area contributed by atoms with Gasteiger partial charge in [-0.15, -0.1) is 0 Å². The van der Waals surface area contributed by atoms with Gasteiger partial charge in [-0.2, -0.15) is 0 Å². The van der Waals surface area contributed by atoms with Gasteiger partial charge in [0, 0.05) is 17.0 Å². The average Bonchev–Trinajstić information content (AvgIpc) is 3.12. The van der Waals surface area contributed by atoms with Crippen LogP contribution in [-0.4, -0.2) is 27.7 Å². The van der Waals surface area contributed by atoms with Gasteiger partial charge in [0.25, 0.3) is 5.56 Å². The first-order valence-corrected chi connectivity index (χ1v) is 10.5. The van der Waals surface area contributed by atoms with E-state index in [4.69, 9.17) is 9.47 Å². The van der Waals surface area contributed by atoms with Crippen molar-refractivity contribution < 1.29 is 23.8 Å². The van der Waals surface area contributed by atoms with Crippen LogP contribution in [0.2, 0.25) is 0 Å². The number of ether oxygens (including phenoxy) is 2. The molecule has 0 amide bonds. The number of cyclic esters (lactones) is 1. The number of esters is 1. The first-order valence-electron chi connectivity index (χ1n) is 10.5. The summed E-state index contributed by atoms with van der Waals surface area (Å²) in [5.74, 6) is -0.870. The molecule has 2 aromatic heterocycles. The number of methoxy groups -OCH3 is 1. The quantitative estimate of drug-likeness (QED) is 0.494. The van der Waals surface area contributed by atoms with Crippen molar-refractivity contribution in [3.63, 3.8) is 0 Å². The lowest BCUT2D eigenvalue weighted by Crippen LogP contribution is -2.42. The predicted octanol–water partition coefficient (Wildman–Crippen LogP) is 3.35. The van der Waals surface area contributed by atoms with Crippen molar-refractivity contribution in [1.82, 2.24) is 9.55 Å². The molecule has 0 bridgehead atoms. The van der Waals surface area contributed by atoms with Gasteiger partial charge in [0.05, 0.1) is 47.6 Å². The van der Waals surface area contributed by atoms with Gasteiger partial charge in [-0.3, -0.25) is 9.59 Å². The third kappa shape index (κ3) is 2.59. The van der Waals surface area contributed by atoms with Crippen LogP contribution in [-0.2, 0) is 28.1 Å². The van der Waals surface area contributed by atoms with Gasteiger partial charge in [-0.1, -0.05) is 6.92 Å². The Morgan fingerprint density at radius 3 is 2.72 bits per heavy atom. The zero-order valence-electron chi connectivity index (χ0n) is 18.3. The van der Waals surface area contributed by atoms with Crippen LogP contribution in [0.25, 0.3) is 22.3 Å². The number of carbonyl (C=O) groups excluding carboxylic acids is 1. The normalized spacial score (nSPS) is 19.9. The van der Waals surface area contributed by atoms with Gasteiger partial charge in [0.15, 0.2) is 11.6 Å².